The lowest BCUT2D eigenvalue weighted by molar-refractivity contribution is -0.382. The Hall–Kier alpha value is -6.15. The zero-order valence-electron chi connectivity index (χ0n) is 60.3. The smallest absolute Gasteiger partial charge is 0.303 e. The average Bonchev–Trinajstić information content (AvgIpc) is 1.66. The van der Waals surface area contributed by atoms with Gasteiger partial charge in [-0.2, -0.15) is 0 Å². The van der Waals surface area contributed by atoms with Crippen LogP contribution < -0.4 is 0 Å². The highest BCUT2D eigenvalue weighted by Gasteiger charge is 2.75. The molecule has 2 unspecified atom stereocenters. The molecular weight excluding hydrogens is 1310 g/mol. The molecule has 0 spiro atoms. The van der Waals surface area contributed by atoms with Gasteiger partial charge in [0.05, 0.1) is 36.6 Å². The fourth-order valence-corrected chi connectivity index (χ4v) is 18.6. The van der Waals surface area contributed by atoms with E-state index in [2.05, 4.69) is 27.7 Å². The van der Waals surface area contributed by atoms with Crippen LogP contribution in [0.2, 0.25) is 0 Å². The summed E-state index contributed by atoms with van der Waals surface area (Å²) in [5, 5.41) is 11.3. The van der Waals surface area contributed by atoms with Crippen LogP contribution in [0.4, 0.5) is 0 Å². The molecule has 4 saturated carbocycles. The lowest BCUT2D eigenvalue weighted by atomic mass is 9.34. The number of carbonyl (C=O) groups is 11. The summed E-state index contributed by atoms with van der Waals surface area (Å²) in [6, 6.07) is 0. The van der Waals surface area contributed by atoms with Crippen LogP contribution >= 0.6 is 0 Å². The van der Waals surface area contributed by atoms with Gasteiger partial charge in [0.15, 0.2) is 73.8 Å². The second-order valence-corrected chi connectivity index (χ2v) is 30.1. The lowest BCUT2D eigenvalue weighted by Gasteiger charge is -2.72. The van der Waals surface area contributed by atoms with E-state index in [1.165, 1.54) is 13.8 Å². The van der Waals surface area contributed by atoms with Crippen LogP contribution in [-0.2, 0) is 138 Å². The van der Waals surface area contributed by atoms with E-state index in [1.54, 1.807) is 13.8 Å². The maximum Gasteiger partial charge on any atom is 0.303 e. The van der Waals surface area contributed by atoms with Crippen molar-refractivity contribution >= 4 is 65.7 Å². The van der Waals surface area contributed by atoms with Crippen molar-refractivity contribution in [1.29, 1.82) is 0 Å². The summed E-state index contributed by atoms with van der Waals surface area (Å²) in [6.07, 6.45) is -23.0. The molecule has 0 aromatic rings. The molecule has 8 aliphatic rings. The third-order valence-corrected chi connectivity index (χ3v) is 22.2. The number of fused-ring (bicyclic) bond motifs is 5. The predicted octanol–water partition coefficient (Wildman–Crippen LogP) is 5.07. The van der Waals surface area contributed by atoms with Crippen molar-refractivity contribution in [2.75, 3.05) is 19.8 Å². The SMILES string of the molecule is CC(=O)OC[C@H]1O[C@H](OC[C@H]2O[C@@H](O[C@H]3C[C@]4(C)[C@H](C[C@@H](OC(C)=O)C5[C@@H]([C@]6(C)CC[C@@H](C(C)(C)O)O6)CC[C@]54C)[C@@]4(C)CC[C@H](OC(C)=O)C(C)(C)C34)[C@H](O[C@@H]3OC[C@@H](OC(C)=O)[C@H](OC(C)=O)[C@H]3OC(C)=O)[C@@H](OC(C)=O)[C@@H]2OC(C)=O)[C@H](OC(C)=O)[C@@H](OC(C)=O)[C@@H]1OC(C)=O. The second kappa shape index (κ2) is 30.4. The molecule has 4 heterocycles. The van der Waals surface area contributed by atoms with Crippen molar-refractivity contribution in [1.82, 2.24) is 0 Å². The Bertz CT molecular complexity index is 3030. The van der Waals surface area contributed by atoms with E-state index in [4.69, 9.17) is 85.3 Å². The molecule has 558 valence electrons. The van der Waals surface area contributed by atoms with Crippen molar-refractivity contribution in [3.8, 4) is 0 Å². The Morgan fingerprint density at radius 1 is 0.455 bits per heavy atom. The summed E-state index contributed by atoms with van der Waals surface area (Å²) >= 11 is 0. The Kier molecular flexibility index (Phi) is 24.1. The maximum absolute atomic E-state index is 13.9. The van der Waals surface area contributed by atoms with Gasteiger partial charge in [-0.05, 0) is 106 Å². The molecule has 30 nitrogen and oxygen atoms in total. The Morgan fingerprint density at radius 2 is 0.929 bits per heavy atom. The van der Waals surface area contributed by atoms with Gasteiger partial charge in [-0.3, -0.25) is 52.7 Å². The van der Waals surface area contributed by atoms with Crippen LogP contribution in [0.15, 0.2) is 0 Å². The highest BCUT2D eigenvalue weighted by molar-refractivity contribution is 5.71. The fourth-order valence-electron chi connectivity index (χ4n) is 18.6. The predicted molar refractivity (Wildman–Crippen MR) is 334 cm³/mol. The van der Waals surface area contributed by atoms with Gasteiger partial charge >= 0.3 is 65.7 Å². The number of ether oxygens (including phenoxy) is 18. The zero-order valence-corrected chi connectivity index (χ0v) is 60.3. The minimum atomic E-state index is -1.87. The fraction of sp³-hybridized carbons (Fsp3) is 0.841. The number of hydrogen-bond acceptors (Lipinski definition) is 30. The molecule has 99 heavy (non-hydrogen) atoms. The van der Waals surface area contributed by atoms with E-state index >= 15 is 0 Å². The Balaban J connectivity index is 1.32. The monoisotopic (exact) mass is 1410 g/mol. The van der Waals surface area contributed by atoms with Gasteiger partial charge in [-0.15, -0.1) is 0 Å². The van der Waals surface area contributed by atoms with Crippen LogP contribution in [-0.4, -0.2) is 212 Å². The summed E-state index contributed by atoms with van der Waals surface area (Å²) in [4.78, 5) is 144. The van der Waals surface area contributed by atoms with Gasteiger partial charge in [-0.1, -0.05) is 34.6 Å². The first-order chi connectivity index (χ1) is 45.9. The third kappa shape index (κ3) is 16.8. The Labute approximate surface area is 576 Å². The van der Waals surface area contributed by atoms with Crippen LogP contribution in [0.1, 0.15) is 183 Å². The summed E-state index contributed by atoms with van der Waals surface area (Å²) < 4.78 is 112. The molecule has 4 aliphatic carbocycles. The number of hydrogen-bond donors (Lipinski definition) is 1. The highest BCUT2D eigenvalue weighted by Crippen LogP contribution is 2.77. The van der Waals surface area contributed by atoms with E-state index in [-0.39, 0.29) is 24.2 Å². The number of aliphatic hydroxyl groups is 1. The van der Waals surface area contributed by atoms with Crippen LogP contribution in [0.3, 0.4) is 0 Å². The molecule has 26 atom stereocenters. The summed E-state index contributed by atoms with van der Waals surface area (Å²) in [5.41, 5.74) is -5.15. The first-order valence-electron chi connectivity index (χ1n) is 34.0. The molecule has 0 amide bonds. The second-order valence-electron chi connectivity index (χ2n) is 30.1. The van der Waals surface area contributed by atoms with Crippen LogP contribution in [0.5, 0.6) is 0 Å². The first-order valence-corrected chi connectivity index (χ1v) is 34.0. The highest BCUT2D eigenvalue weighted by atomic mass is 16.8. The molecule has 30 heteroatoms. The molecule has 8 rings (SSSR count). The van der Waals surface area contributed by atoms with Gasteiger partial charge in [0.1, 0.15) is 31.0 Å². The molecule has 0 radical (unpaired) electrons. The summed E-state index contributed by atoms with van der Waals surface area (Å²) in [6.45, 7) is 26.4. The quantitative estimate of drug-likeness (QED) is 0.0890. The van der Waals surface area contributed by atoms with Crippen molar-refractivity contribution in [3.63, 3.8) is 0 Å². The van der Waals surface area contributed by atoms with Crippen molar-refractivity contribution in [3.05, 3.63) is 0 Å². The first kappa shape index (κ1) is 78.6. The summed E-state index contributed by atoms with van der Waals surface area (Å²) in [5.74, 6) is -10.6. The van der Waals surface area contributed by atoms with Gasteiger partial charge in [-0.25, -0.2) is 0 Å². The lowest BCUT2D eigenvalue weighted by Crippen LogP contribution is -2.71. The number of carbonyl (C=O) groups excluding carboxylic acids is 11. The van der Waals surface area contributed by atoms with E-state index in [9.17, 15) is 57.8 Å². The molecule has 1 N–H and O–H groups in total. The maximum atomic E-state index is 13.9. The Morgan fingerprint density at radius 3 is 1.44 bits per heavy atom. The topological polar surface area (TPSA) is 374 Å². The number of rotatable bonds is 21. The van der Waals surface area contributed by atoms with E-state index in [0.717, 1.165) is 62.3 Å². The number of esters is 11. The van der Waals surface area contributed by atoms with Crippen LogP contribution in [0.25, 0.3) is 0 Å². The third-order valence-electron chi connectivity index (χ3n) is 22.2. The zero-order chi connectivity index (χ0) is 73.6. The normalized spacial score (nSPS) is 40.7. The van der Waals surface area contributed by atoms with Gasteiger partial charge < -0.3 is 90.4 Å². The summed E-state index contributed by atoms with van der Waals surface area (Å²) in [7, 11) is 0. The molecular formula is C69H102O30. The standard InChI is InChI=1S/C69H102O30/c1-31(70)82-28-46-52(88-35(5)74)55(91-38(8)77)58(94-41(11)80)61(96-46)83-30-47-53(89-36(6)75)56(92-39(9)78)59(98-62-57(93-40(10)79)54(90-37(7)76)45(29-84-62)86-33(3)72)63(97-47)95-44-27-68(18)48(66(16)23-21-49(87-34(4)73)64(12,13)60(44)66)26-43(85-32(2)71)51-42(20-24-67(51,68)17)69(19)25-22-50(99-69)65(14,15)81/h42-63,81H,20-30H2,1-19H3/t42-,43+,44-,45+,46+,47+,48+,49-,50-,51?,52+,53+,54-,55-,56-,57+,58+,59+,60?,61-,62-,63+,66+,67+,68+,69-/m0/s1. The minimum absolute atomic E-state index is 0.180. The molecule has 0 bridgehead atoms. The molecule has 0 aromatic carbocycles. The minimum Gasteiger partial charge on any atom is -0.463 e. The molecule has 0 aromatic heterocycles. The largest absolute Gasteiger partial charge is 0.463 e. The van der Waals surface area contributed by atoms with Crippen molar-refractivity contribution in [2.24, 2.45) is 45.3 Å². The van der Waals surface area contributed by atoms with E-state index in [0.29, 0.717) is 44.9 Å². The molecule has 4 aliphatic heterocycles. The van der Waals surface area contributed by atoms with E-state index < -0.39 is 235 Å². The molecule has 8 fully saturated rings. The van der Waals surface area contributed by atoms with Gasteiger partial charge in [0, 0.05) is 87.5 Å². The van der Waals surface area contributed by atoms with Crippen LogP contribution in [0, 0.1) is 45.3 Å². The average molecular weight is 1410 g/mol. The van der Waals surface area contributed by atoms with Gasteiger partial charge in [0.25, 0.3) is 0 Å². The van der Waals surface area contributed by atoms with Gasteiger partial charge in [0.2, 0.25) is 0 Å². The van der Waals surface area contributed by atoms with E-state index in [1.807, 2.05) is 13.8 Å². The van der Waals surface area contributed by atoms with Crippen molar-refractivity contribution in [2.45, 2.75) is 305 Å². The molecule has 4 saturated heterocycles. The van der Waals surface area contributed by atoms with Crippen molar-refractivity contribution < 1.29 is 143 Å².